The van der Waals surface area contributed by atoms with Crippen LogP contribution < -0.4 is 10.1 Å². The van der Waals surface area contributed by atoms with Crippen LogP contribution in [0.3, 0.4) is 0 Å². The lowest BCUT2D eigenvalue weighted by molar-refractivity contribution is -0.124. The minimum absolute atomic E-state index is 0.0398. The topological polar surface area (TPSA) is 83.1 Å². The highest BCUT2D eigenvalue weighted by Crippen LogP contribution is 2.40. The molecule has 7 nitrogen and oxygen atoms in total. The second kappa shape index (κ2) is 14.3. The average molecular weight is 636 g/mol. The van der Waals surface area contributed by atoms with Gasteiger partial charge >= 0.3 is 6.18 Å². The van der Waals surface area contributed by atoms with Gasteiger partial charge in [-0.25, -0.2) is 4.98 Å². The van der Waals surface area contributed by atoms with Crippen LogP contribution >= 0.6 is 0 Å². The van der Waals surface area contributed by atoms with Gasteiger partial charge in [-0.1, -0.05) is 61.7 Å². The van der Waals surface area contributed by atoms with Crippen LogP contribution in [0.1, 0.15) is 55.2 Å². The molecule has 0 saturated heterocycles. The van der Waals surface area contributed by atoms with Crippen molar-refractivity contribution in [2.45, 2.75) is 50.2 Å². The van der Waals surface area contributed by atoms with E-state index in [9.17, 15) is 22.4 Å². The Kier molecular flexibility index (Phi) is 10.2. The highest BCUT2D eigenvalue weighted by molar-refractivity contribution is 6.00. The number of nitrogens with zero attached hydrogens (tertiary/aromatic N) is 3. The minimum Gasteiger partial charge on any atom is -0.476 e. The van der Waals surface area contributed by atoms with E-state index in [0.717, 1.165) is 32.1 Å². The number of amides is 1. The van der Waals surface area contributed by atoms with E-state index in [0.29, 0.717) is 41.2 Å². The molecular weight excluding hydrogens is 598 g/mol. The quantitative estimate of drug-likeness (QED) is 0.103. The SMILES string of the molecule is CN(C)C(=O)C=CCNC1(COc2ccc(/C(=C(/CC(F)(F)F)c3ccccc3)c3ccc4[nH]nc(F)c4c3)cn2)CCCCC1. The van der Waals surface area contributed by atoms with Crippen LogP contribution in [-0.4, -0.2) is 65.0 Å². The van der Waals surface area contributed by atoms with E-state index in [1.807, 2.05) is 0 Å². The van der Waals surface area contributed by atoms with Crippen LogP contribution in [0.2, 0.25) is 0 Å². The molecule has 1 fully saturated rings. The zero-order chi connectivity index (χ0) is 32.7. The van der Waals surface area contributed by atoms with E-state index in [2.05, 4.69) is 20.5 Å². The molecule has 0 unspecified atom stereocenters. The summed E-state index contributed by atoms with van der Waals surface area (Å²) in [5, 5.41) is 9.93. The fourth-order valence-electron chi connectivity index (χ4n) is 5.84. The second-order valence-corrected chi connectivity index (χ2v) is 11.8. The van der Waals surface area contributed by atoms with Crippen LogP contribution in [0, 0.1) is 5.95 Å². The Morgan fingerprint density at radius 1 is 1.02 bits per heavy atom. The zero-order valence-electron chi connectivity index (χ0n) is 25.8. The maximum atomic E-state index is 14.5. The largest absolute Gasteiger partial charge is 0.476 e. The normalized spacial score (nSPS) is 15.6. The molecule has 0 atom stereocenters. The maximum absolute atomic E-state index is 14.5. The summed E-state index contributed by atoms with van der Waals surface area (Å²) in [6, 6.07) is 16.5. The van der Waals surface area contributed by atoms with E-state index in [1.165, 1.54) is 23.2 Å². The summed E-state index contributed by atoms with van der Waals surface area (Å²) in [6.07, 6.45) is 4.16. The Labute approximate surface area is 265 Å². The van der Waals surface area contributed by atoms with E-state index >= 15 is 0 Å². The Bertz CT molecular complexity index is 1690. The number of alkyl halides is 3. The van der Waals surface area contributed by atoms with Gasteiger partial charge < -0.3 is 15.0 Å². The van der Waals surface area contributed by atoms with Crippen LogP contribution in [-0.2, 0) is 4.79 Å². The van der Waals surface area contributed by atoms with Crippen molar-refractivity contribution in [2.24, 2.45) is 0 Å². The van der Waals surface area contributed by atoms with Gasteiger partial charge in [0.15, 0.2) is 0 Å². The van der Waals surface area contributed by atoms with Crippen molar-refractivity contribution >= 4 is 28.0 Å². The summed E-state index contributed by atoms with van der Waals surface area (Å²) in [7, 11) is 3.40. The number of ether oxygens (including phenoxy) is 1. The highest BCUT2D eigenvalue weighted by atomic mass is 19.4. The lowest BCUT2D eigenvalue weighted by Gasteiger charge is -2.37. The number of likely N-dealkylation sites (N-methyl/N-ethyl adjacent to an activating group) is 1. The van der Waals surface area contributed by atoms with Crippen molar-refractivity contribution in [3.05, 3.63) is 102 Å². The first kappa shape index (κ1) is 32.9. The summed E-state index contributed by atoms with van der Waals surface area (Å²) < 4.78 is 62.8. The van der Waals surface area contributed by atoms with Gasteiger partial charge in [0.25, 0.3) is 0 Å². The standard InChI is InChI=1S/C35H37F4N5O2/c1-44(2)31(45)12-9-19-41-34(17-7-4-8-18-34)23-46-30-16-14-26(22-40-30)32(25-13-15-29-27(20-25)33(36)43-42-29)28(21-35(37,38)39)24-10-5-3-6-11-24/h3,5-6,9-16,20,22,41H,4,7-8,17-19,21,23H2,1-2H3,(H,42,43)/b12-9?,32-28-. The molecule has 2 N–H and O–H groups in total. The van der Waals surface area contributed by atoms with Gasteiger partial charge in [0.2, 0.25) is 17.7 Å². The number of H-pyrrole nitrogens is 1. The number of carbonyl (C=O) groups excluding carboxylic acids is 1. The molecule has 2 heterocycles. The van der Waals surface area contributed by atoms with Crippen molar-refractivity contribution in [3.63, 3.8) is 0 Å². The van der Waals surface area contributed by atoms with Crippen molar-refractivity contribution in [1.82, 2.24) is 25.4 Å². The van der Waals surface area contributed by atoms with Gasteiger partial charge in [0, 0.05) is 44.5 Å². The monoisotopic (exact) mass is 635 g/mol. The molecule has 2 aromatic heterocycles. The summed E-state index contributed by atoms with van der Waals surface area (Å²) in [5.74, 6) is -0.490. The molecule has 0 radical (unpaired) electrons. The van der Waals surface area contributed by atoms with Gasteiger partial charge in [-0.05, 0) is 53.3 Å². The van der Waals surface area contributed by atoms with Crippen molar-refractivity contribution in [1.29, 1.82) is 0 Å². The average Bonchev–Trinajstić information content (AvgIpc) is 3.42. The molecule has 11 heteroatoms. The fourth-order valence-corrected chi connectivity index (χ4v) is 5.84. The smallest absolute Gasteiger partial charge is 0.393 e. The van der Waals surface area contributed by atoms with Crippen LogP contribution in [0.25, 0.3) is 22.0 Å². The Morgan fingerprint density at radius 2 is 1.76 bits per heavy atom. The Hall–Kier alpha value is -4.51. The number of halogens is 4. The summed E-state index contributed by atoms with van der Waals surface area (Å²) in [6.45, 7) is 0.851. The molecule has 1 amide bonds. The molecule has 0 bridgehead atoms. The Balaban J connectivity index is 1.46. The predicted molar refractivity (Wildman–Crippen MR) is 170 cm³/mol. The van der Waals surface area contributed by atoms with Gasteiger partial charge in [0.1, 0.15) is 6.61 Å². The van der Waals surface area contributed by atoms with E-state index in [1.54, 1.807) is 74.8 Å². The molecule has 2 aromatic carbocycles. The maximum Gasteiger partial charge on any atom is 0.393 e. The van der Waals surface area contributed by atoms with Gasteiger partial charge in [-0.2, -0.15) is 17.6 Å². The van der Waals surface area contributed by atoms with E-state index < -0.39 is 18.5 Å². The van der Waals surface area contributed by atoms with Gasteiger partial charge in [0.05, 0.1) is 22.9 Å². The zero-order valence-corrected chi connectivity index (χ0v) is 25.8. The van der Waals surface area contributed by atoms with Gasteiger partial charge in [-0.15, -0.1) is 5.10 Å². The van der Waals surface area contributed by atoms with Crippen LogP contribution in [0.4, 0.5) is 17.6 Å². The number of benzene rings is 2. The lowest BCUT2D eigenvalue weighted by atomic mass is 9.82. The molecule has 46 heavy (non-hydrogen) atoms. The molecule has 0 spiro atoms. The number of aromatic nitrogens is 3. The lowest BCUT2D eigenvalue weighted by Crippen LogP contribution is -2.51. The molecule has 5 rings (SSSR count). The van der Waals surface area contributed by atoms with E-state index in [-0.39, 0.29) is 28.0 Å². The second-order valence-electron chi connectivity index (χ2n) is 11.8. The Morgan fingerprint density at radius 3 is 2.43 bits per heavy atom. The first-order valence-corrected chi connectivity index (χ1v) is 15.2. The number of hydrogen-bond donors (Lipinski definition) is 2. The number of fused-ring (bicyclic) bond motifs is 1. The molecule has 242 valence electrons. The number of nitrogens with one attached hydrogen (secondary N) is 2. The fraction of sp³-hybridized carbons (Fsp3) is 0.343. The third-order valence-electron chi connectivity index (χ3n) is 8.23. The molecule has 1 aliphatic carbocycles. The molecular formula is C35H37F4N5O2. The van der Waals surface area contributed by atoms with Gasteiger partial charge in [-0.3, -0.25) is 9.89 Å². The van der Waals surface area contributed by atoms with Crippen molar-refractivity contribution < 1.29 is 27.1 Å². The number of allylic oxidation sites excluding steroid dienone is 1. The first-order valence-electron chi connectivity index (χ1n) is 15.2. The molecule has 0 aliphatic heterocycles. The summed E-state index contributed by atoms with van der Waals surface area (Å²) >= 11 is 0. The number of rotatable bonds is 11. The first-order chi connectivity index (χ1) is 22.0. The van der Waals surface area contributed by atoms with Crippen LogP contribution in [0.15, 0.2) is 79.0 Å². The van der Waals surface area contributed by atoms with Crippen molar-refractivity contribution in [2.75, 3.05) is 27.2 Å². The number of aromatic amines is 1. The summed E-state index contributed by atoms with van der Waals surface area (Å²) in [5.41, 5.74) is 1.69. The number of hydrogen-bond acceptors (Lipinski definition) is 5. The van der Waals surface area contributed by atoms with E-state index in [4.69, 9.17) is 4.74 Å². The molecule has 4 aromatic rings. The summed E-state index contributed by atoms with van der Waals surface area (Å²) in [4.78, 5) is 17.9. The number of carbonyl (C=O) groups is 1. The molecule has 1 saturated carbocycles. The third-order valence-corrected chi connectivity index (χ3v) is 8.23. The third kappa shape index (κ3) is 8.20. The molecule has 1 aliphatic rings. The highest BCUT2D eigenvalue weighted by Gasteiger charge is 2.33. The number of pyridine rings is 1. The minimum atomic E-state index is -4.51. The van der Waals surface area contributed by atoms with Crippen LogP contribution in [0.5, 0.6) is 5.88 Å². The predicted octanol–water partition coefficient (Wildman–Crippen LogP) is 7.32. The van der Waals surface area contributed by atoms with Crippen molar-refractivity contribution in [3.8, 4) is 5.88 Å².